The number of carbonyl (C=O) groups excluding carboxylic acids is 1. The maximum Gasteiger partial charge on any atom is 0.255 e. The van der Waals surface area contributed by atoms with Gasteiger partial charge in [-0.25, -0.2) is 9.97 Å². The number of methoxy groups -OCH3 is 1. The van der Waals surface area contributed by atoms with Gasteiger partial charge in [0, 0.05) is 20.2 Å². The van der Waals surface area contributed by atoms with Crippen molar-refractivity contribution >= 4 is 5.91 Å². The lowest BCUT2D eigenvalue weighted by atomic mass is 9.94. The average Bonchev–Trinajstić information content (AvgIpc) is 3.45. The fourth-order valence-electron chi connectivity index (χ4n) is 3.78. The van der Waals surface area contributed by atoms with Gasteiger partial charge in [-0.2, -0.15) is 0 Å². The van der Waals surface area contributed by atoms with Crippen LogP contribution in [0.25, 0.3) is 11.5 Å². The zero-order valence-electron chi connectivity index (χ0n) is 20.4. The standard InChI is InChI=1S/C25H28N6O4/c1-15-20(28-16(2)34-15)14-31(4)23(32)18-11-19(21(33-5)27-13-18)22-29-30-24(35-22)25(3,26)12-17-9-7-6-8-10-17/h6-11,13H,12,14,26H2,1-5H3. The molecule has 0 aliphatic rings. The van der Waals surface area contributed by atoms with Crippen LogP contribution in [0.2, 0.25) is 0 Å². The first-order valence-corrected chi connectivity index (χ1v) is 11.1. The van der Waals surface area contributed by atoms with Crippen LogP contribution in [0, 0.1) is 13.8 Å². The van der Waals surface area contributed by atoms with Crippen LogP contribution in [0.1, 0.15) is 46.1 Å². The molecule has 0 bridgehead atoms. The molecule has 3 heterocycles. The molecule has 35 heavy (non-hydrogen) atoms. The Balaban J connectivity index is 1.59. The maximum atomic E-state index is 13.1. The highest BCUT2D eigenvalue weighted by molar-refractivity contribution is 5.95. The zero-order chi connectivity index (χ0) is 25.2. The molecule has 0 radical (unpaired) electrons. The summed E-state index contributed by atoms with van der Waals surface area (Å²) in [6.07, 6.45) is 1.96. The van der Waals surface area contributed by atoms with Gasteiger partial charge in [0.25, 0.3) is 11.8 Å². The van der Waals surface area contributed by atoms with E-state index in [1.807, 2.05) is 44.2 Å². The molecule has 1 amide bonds. The van der Waals surface area contributed by atoms with E-state index in [0.717, 1.165) is 5.56 Å². The number of rotatable bonds is 8. The molecule has 0 saturated carbocycles. The molecular formula is C25H28N6O4. The average molecular weight is 477 g/mol. The van der Waals surface area contributed by atoms with Crippen molar-refractivity contribution in [1.29, 1.82) is 0 Å². The Kier molecular flexibility index (Phi) is 6.65. The molecule has 1 atom stereocenters. The van der Waals surface area contributed by atoms with Crippen LogP contribution in [-0.2, 0) is 18.5 Å². The largest absolute Gasteiger partial charge is 0.480 e. The predicted octanol–water partition coefficient (Wildman–Crippen LogP) is 3.43. The van der Waals surface area contributed by atoms with Crippen LogP contribution < -0.4 is 10.5 Å². The first-order valence-electron chi connectivity index (χ1n) is 11.1. The van der Waals surface area contributed by atoms with E-state index >= 15 is 0 Å². The van der Waals surface area contributed by atoms with Gasteiger partial charge in [-0.3, -0.25) is 4.79 Å². The van der Waals surface area contributed by atoms with Crippen LogP contribution in [0.15, 0.2) is 51.4 Å². The molecule has 10 nitrogen and oxygen atoms in total. The lowest BCUT2D eigenvalue weighted by Crippen LogP contribution is -2.35. The Morgan fingerprint density at radius 3 is 2.57 bits per heavy atom. The second kappa shape index (κ2) is 9.67. The molecule has 0 saturated heterocycles. The summed E-state index contributed by atoms with van der Waals surface area (Å²) in [4.78, 5) is 23.3. The Labute approximate surface area is 203 Å². The highest BCUT2D eigenvalue weighted by Gasteiger charge is 2.30. The third kappa shape index (κ3) is 5.22. The van der Waals surface area contributed by atoms with Gasteiger partial charge in [-0.1, -0.05) is 30.3 Å². The third-order valence-electron chi connectivity index (χ3n) is 5.58. The Morgan fingerprint density at radius 2 is 1.91 bits per heavy atom. The van der Waals surface area contributed by atoms with E-state index in [9.17, 15) is 4.79 Å². The molecule has 4 rings (SSSR count). The SMILES string of the molecule is COc1ncc(C(=O)N(C)Cc2nc(C)oc2C)cc1-c1nnc(C(C)(N)Cc2ccccc2)o1. The summed E-state index contributed by atoms with van der Waals surface area (Å²) in [6, 6.07) is 11.4. The fraction of sp³-hybridized carbons (Fsp3) is 0.320. The summed E-state index contributed by atoms with van der Waals surface area (Å²) in [6.45, 7) is 5.70. The minimum Gasteiger partial charge on any atom is -0.480 e. The van der Waals surface area contributed by atoms with Crippen LogP contribution in [-0.4, -0.2) is 45.1 Å². The molecule has 0 aliphatic heterocycles. The minimum absolute atomic E-state index is 0.161. The highest BCUT2D eigenvalue weighted by atomic mass is 16.5. The van der Waals surface area contributed by atoms with Crippen molar-refractivity contribution in [2.24, 2.45) is 5.73 Å². The number of pyridine rings is 1. The van der Waals surface area contributed by atoms with Crippen molar-refractivity contribution in [3.63, 3.8) is 0 Å². The second-order valence-electron chi connectivity index (χ2n) is 8.67. The number of nitrogens with zero attached hydrogens (tertiary/aromatic N) is 5. The summed E-state index contributed by atoms with van der Waals surface area (Å²) in [5.74, 6) is 1.66. The fourth-order valence-corrected chi connectivity index (χ4v) is 3.78. The van der Waals surface area contributed by atoms with Crippen LogP contribution in [0.3, 0.4) is 0 Å². The number of ether oxygens (including phenoxy) is 1. The Bertz CT molecular complexity index is 1330. The van der Waals surface area contributed by atoms with Crippen molar-refractivity contribution in [3.05, 3.63) is 77.0 Å². The van der Waals surface area contributed by atoms with Crippen LogP contribution in [0.4, 0.5) is 0 Å². The highest BCUT2D eigenvalue weighted by Crippen LogP contribution is 2.31. The molecular weight excluding hydrogens is 448 g/mol. The number of nitrogens with two attached hydrogens (primary N) is 1. The Hall–Kier alpha value is -4.05. The number of hydrogen-bond donors (Lipinski definition) is 1. The molecule has 0 aliphatic carbocycles. The van der Waals surface area contributed by atoms with E-state index in [4.69, 9.17) is 19.3 Å². The van der Waals surface area contributed by atoms with E-state index < -0.39 is 5.54 Å². The number of hydrogen-bond acceptors (Lipinski definition) is 9. The van der Waals surface area contributed by atoms with Gasteiger partial charge in [-0.15, -0.1) is 10.2 Å². The molecule has 1 unspecified atom stereocenters. The monoisotopic (exact) mass is 476 g/mol. The second-order valence-corrected chi connectivity index (χ2v) is 8.67. The lowest BCUT2D eigenvalue weighted by molar-refractivity contribution is 0.0782. The summed E-state index contributed by atoms with van der Waals surface area (Å²) >= 11 is 0. The molecule has 2 N–H and O–H groups in total. The van der Waals surface area contributed by atoms with Crippen LogP contribution >= 0.6 is 0 Å². The zero-order valence-corrected chi connectivity index (χ0v) is 20.4. The molecule has 0 spiro atoms. The number of amides is 1. The van der Waals surface area contributed by atoms with Gasteiger partial charge in [0.1, 0.15) is 17.0 Å². The van der Waals surface area contributed by atoms with Gasteiger partial charge < -0.3 is 24.2 Å². The van der Waals surface area contributed by atoms with E-state index in [0.29, 0.717) is 41.4 Å². The van der Waals surface area contributed by atoms with Crippen molar-refractivity contribution in [3.8, 4) is 17.3 Å². The normalized spacial score (nSPS) is 12.9. The van der Waals surface area contributed by atoms with Gasteiger partial charge in [0.05, 0.1) is 24.8 Å². The lowest BCUT2D eigenvalue weighted by Gasteiger charge is -2.20. The van der Waals surface area contributed by atoms with Crippen molar-refractivity contribution in [2.45, 2.75) is 39.3 Å². The Morgan fingerprint density at radius 1 is 1.17 bits per heavy atom. The minimum atomic E-state index is -0.894. The van der Waals surface area contributed by atoms with Crippen molar-refractivity contribution in [1.82, 2.24) is 25.1 Å². The molecule has 182 valence electrons. The number of aromatic nitrogens is 4. The smallest absolute Gasteiger partial charge is 0.255 e. The van der Waals surface area contributed by atoms with Gasteiger partial charge in [-0.05, 0) is 31.9 Å². The number of benzene rings is 1. The summed E-state index contributed by atoms with van der Waals surface area (Å²) in [5, 5.41) is 8.34. The number of aryl methyl sites for hydroxylation is 2. The summed E-state index contributed by atoms with van der Waals surface area (Å²) in [5.41, 5.74) is 8.10. The van der Waals surface area contributed by atoms with Gasteiger partial charge in [0.2, 0.25) is 11.8 Å². The summed E-state index contributed by atoms with van der Waals surface area (Å²) in [7, 11) is 3.17. The van der Waals surface area contributed by atoms with E-state index in [-0.39, 0.29) is 23.6 Å². The molecule has 0 fully saturated rings. The first kappa shape index (κ1) is 24.1. The summed E-state index contributed by atoms with van der Waals surface area (Å²) < 4.78 is 16.8. The van der Waals surface area contributed by atoms with E-state index in [2.05, 4.69) is 20.2 Å². The topological polar surface area (TPSA) is 133 Å². The maximum absolute atomic E-state index is 13.1. The van der Waals surface area contributed by atoms with E-state index in [1.54, 1.807) is 20.0 Å². The number of carbonyl (C=O) groups is 1. The van der Waals surface area contributed by atoms with Crippen LogP contribution in [0.5, 0.6) is 5.88 Å². The van der Waals surface area contributed by atoms with Gasteiger partial charge in [0.15, 0.2) is 5.89 Å². The third-order valence-corrected chi connectivity index (χ3v) is 5.58. The van der Waals surface area contributed by atoms with E-state index in [1.165, 1.54) is 18.2 Å². The van der Waals surface area contributed by atoms with Gasteiger partial charge >= 0.3 is 0 Å². The molecule has 1 aromatic carbocycles. The van der Waals surface area contributed by atoms with Crippen molar-refractivity contribution < 1.29 is 18.4 Å². The number of oxazole rings is 1. The molecule has 3 aromatic heterocycles. The molecule has 4 aromatic rings. The first-order chi connectivity index (χ1) is 16.7. The quantitative estimate of drug-likeness (QED) is 0.406. The van der Waals surface area contributed by atoms with Crippen molar-refractivity contribution in [2.75, 3.05) is 14.2 Å². The predicted molar refractivity (Wildman–Crippen MR) is 128 cm³/mol. The molecule has 10 heteroatoms.